The number of nitrogens with one attached hydrogen (secondary N) is 1. The standard InChI is InChI=1S/C19H18F2N2O2/c20-14-10-13(11-15(21)18(14)23-7-3-4-8-23)22-19(24)17-9-12-5-1-2-6-16(12)25-17/h1-2,5-6,10-11,17H,3-4,7-9H2,(H,22,24). The fourth-order valence-corrected chi connectivity index (χ4v) is 3.43. The van der Waals surface area contributed by atoms with Crippen molar-refractivity contribution in [2.24, 2.45) is 0 Å². The summed E-state index contributed by atoms with van der Waals surface area (Å²) in [4.78, 5) is 14.1. The minimum atomic E-state index is -0.693. The molecule has 2 heterocycles. The zero-order valence-corrected chi connectivity index (χ0v) is 13.6. The van der Waals surface area contributed by atoms with Gasteiger partial charge in [-0.05, 0) is 36.6 Å². The van der Waals surface area contributed by atoms with Gasteiger partial charge in [-0.2, -0.15) is 0 Å². The number of benzene rings is 2. The summed E-state index contributed by atoms with van der Waals surface area (Å²) in [5.41, 5.74) is 1.03. The molecule has 1 saturated heterocycles. The molecule has 0 spiro atoms. The van der Waals surface area contributed by atoms with Gasteiger partial charge in [0, 0.05) is 25.2 Å². The predicted molar refractivity (Wildman–Crippen MR) is 91.0 cm³/mol. The van der Waals surface area contributed by atoms with E-state index in [0.29, 0.717) is 25.3 Å². The molecular formula is C19H18F2N2O2. The smallest absolute Gasteiger partial charge is 0.265 e. The van der Waals surface area contributed by atoms with Crippen LogP contribution in [-0.2, 0) is 11.2 Å². The number of rotatable bonds is 3. The van der Waals surface area contributed by atoms with E-state index in [2.05, 4.69) is 5.32 Å². The lowest BCUT2D eigenvalue weighted by atomic mass is 10.1. The van der Waals surface area contributed by atoms with Crippen LogP contribution >= 0.6 is 0 Å². The molecule has 0 aliphatic carbocycles. The van der Waals surface area contributed by atoms with E-state index in [0.717, 1.165) is 30.5 Å². The molecule has 2 aliphatic heterocycles. The van der Waals surface area contributed by atoms with Crippen molar-refractivity contribution >= 4 is 17.3 Å². The SMILES string of the molecule is O=C(Nc1cc(F)c(N2CCCC2)c(F)c1)C1Cc2ccccc2O1. The first-order chi connectivity index (χ1) is 12.1. The molecule has 4 rings (SSSR count). The van der Waals surface area contributed by atoms with E-state index in [9.17, 15) is 13.6 Å². The maximum atomic E-state index is 14.3. The quantitative estimate of drug-likeness (QED) is 0.926. The van der Waals surface area contributed by atoms with Crippen molar-refractivity contribution in [3.63, 3.8) is 0 Å². The van der Waals surface area contributed by atoms with Crippen molar-refractivity contribution in [2.45, 2.75) is 25.4 Å². The van der Waals surface area contributed by atoms with E-state index in [-0.39, 0.29) is 11.4 Å². The minimum absolute atomic E-state index is 0.0139. The number of fused-ring (bicyclic) bond motifs is 1. The van der Waals surface area contributed by atoms with Crippen molar-refractivity contribution < 1.29 is 18.3 Å². The molecule has 0 saturated carbocycles. The van der Waals surface area contributed by atoms with Crippen molar-refractivity contribution in [1.29, 1.82) is 0 Å². The van der Waals surface area contributed by atoms with Crippen molar-refractivity contribution in [3.05, 3.63) is 53.6 Å². The number of hydrogen-bond acceptors (Lipinski definition) is 3. The number of halogens is 2. The number of amides is 1. The molecular weight excluding hydrogens is 326 g/mol. The van der Waals surface area contributed by atoms with E-state index in [4.69, 9.17) is 4.74 Å². The third-order valence-corrected chi connectivity index (χ3v) is 4.65. The van der Waals surface area contributed by atoms with Crippen LogP contribution in [0, 0.1) is 11.6 Å². The lowest BCUT2D eigenvalue weighted by molar-refractivity contribution is -0.122. The Morgan fingerprint density at radius 3 is 2.48 bits per heavy atom. The van der Waals surface area contributed by atoms with E-state index in [1.54, 1.807) is 11.0 Å². The largest absolute Gasteiger partial charge is 0.480 e. The molecule has 2 aromatic carbocycles. The van der Waals surface area contributed by atoms with E-state index < -0.39 is 23.6 Å². The fraction of sp³-hybridized carbons (Fsp3) is 0.316. The first kappa shape index (κ1) is 15.9. The number of para-hydroxylation sites is 1. The summed E-state index contributed by atoms with van der Waals surface area (Å²) in [5, 5.41) is 2.56. The van der Waals surface area contributed by atoms with Crippen LogP contribution in [0.25, 0.3) is 0 Å². The first-order valence-corrected chi connectivity index (χ1v) is 8.41. The van der Waals surface area contributed by atoms with E-state index in [1.165, 1.54) is 0 Å². The number of hydrogen-bond donors (Lipinski definition) is 1. The minimum Gasteiger partial charge on any atom is -0.480 e. The van der Waals surface area contributed by atoms with Gasteiger partial charge in [-0.3, -0.25) is 4.79 Å². The van der Waals surface area contributed by atoms with Gasteiger partial charge in [-0.25, -0.2) is 8.78 Å². The van der Waals surface area contributed by atoms with E-state index >= 15 is 0 Å². The highest BCUT2D eigenvalue weighted by Gasteiger charge is 2.29. The molecule has 1 fully saturated rings. The summed E-state index contributed by atoms with van der Waals surface area (Å²) in [6.45, 7) is 1.29. The van der Waals surface area contributed by atoms with Crippen molar-refractivity contribution in [2.75, 3.05) is 23.3 Å². The summed E-state index contributed by atoms with van der Waals surface area (Å²) >= 11 is 0. The Balaban J connectivity index is 1.49. The Morgan fingerprint density at radius 1 is 1.12 bits per heavy atom. The summed E-state index contributed by atoms with van der Waals surface area (Å²) in [6.07, 6.45) is 1.61. The molecule has 1 N–H and O–H groups in total. The molecule has 1 atom stereocenters. The zero-order valence-electron chi connectivity index (χ0n) is 13.6. The van der Waals surface area contributed by atoms with Gasteiger partial charge in [0.15, 0.2) is 17.7 Å². The van der Waals surface area contributed by atoms with Crippen LogP contribution < -0.4 is 15.0 Å². The molecule has 0 bridgehead atoms. The number of nitrogens with zero attached hydrogens (tertiary/aromatic N) is 1. The highest BCUT2D eigenvalue weighted by molar-refractivity contribution is 5.95. The molecule has 2 aromatic rings. The zero-order chi connectivity index (χ0) is 17.4. The maximum Gasteiger partial charge on any atom is 0.265 e. The van der Waals surface area contributed by atoms with Crippen LogP contribution in [0.2, 0.25) is 0 Å². The molecule has 2 aliphatic rings. The molecule has 4 nitrogen and oxygen atoms in total. The normalized spacial score (nSPS) is 18.8. The molecule has 6 heteroatoms. The number of ether oxygens (including phenoxy) is 1. The van der Waals surface area contributed by atoms with Crippen LogP contribution in [0.1, 0.15) is 18.4 Å². The van der Waals surface area contributed by atoms with Gasteiger partial charge in [-0.1, -0.05) is 18.2 Å². The lowest BCUT2D eigenvalue weighted by Gasteiger charge is -2.20. The second-order valence-electron chi connectivity index (χ2n) is 6.39. The third-order valence-electron chi connectivity index (χ3n) is 4.65. The van der Waals surface area contributed by atoms with Gasteiger partial charge >= 0.3 is 0 Å². The lowest BCUT2D eigenvalue weighted by Crippen LogP contribution is -2.31. The molecule has 1 unspecified atom stereocenters. The van der Waals surface area contributed by atoms with Crippen molar-refractivity contribution in [3.8, 4) is 5.75 Å². The molecule has 130 valence electrons. The van der Waals surface area contributed by atoms with Crippen LogP contribution in [-0.4, -0.2) is 25.1 Å². The number of carbonyl (C=O) groups excluding carboxylic acids is 1. The Morgan fingerprint density at radius 2 is 1.80 bits per heavy atom. The molecule has 0 radical (unpaired) electrons. The maximum absolute atomic E-state index is 14.3. The Hall–Kier alpha value is -2.63. The van der Waals surface area contributed by atoms with Crippen LogP contribution in [0.5, 0.6) is 5.75 Å². The van der Waals surface area contributed by atoms with Gasteiger partial charge < -0.3 is 15.0 Å². The van der Waals surface area contributed by atoms with Gasteiger partial charge in [0.05, 0.1) is 0 Å². The molecule has 0 aromatic heterocycles. The van der Waals surface area contributed by atoms with Crippen LogP contribution in [0.3, 0.4) is 0 Å². The van der Waals surface area contributed by atoms with E-state index in [1.807, 2.05) is 18.2 Å². The summed E-state index contributed by atoms with van der Waals surface area (Å²) in [7, 11) is 0. The summed E-state index contributed by atoms with van der Waals surface area (Å²) < 4.78 is 34.3. The molecule has 25 heavy (non-hydrogen) atoms. The highest BCUT2D eigenvalue weighted by atomic mass is 19.1. The Kier molecular flexibility index (Phi) is 4.03. The average molecular weight is 344 g/mol. The molecule has 1 amide bonds. The van der Waals surface area contributed by atoms with Gasteiger partial charge in [-0.15, -0.1) is 0 Å². The average Bonchev–Trinajstić information content (AvgIpc) is 3.23. The Labute approximate surface area is 144 Å². The fourth-order valence-electron chi connectivity index (χ4n) is 3.43. The topological polar surface area (TPSA) is 41.6 Å². The van der Waals surface area contributed by atoms with Gasteiger partial charge in [0.1, 0.15) is 11.4 Å². The third kappa shape index (κ3) is 3.04. The second kappa shape index (κ2) is 6.35. The van der Waals surface area contributed by atoms with Crippen LogP contribution in [0.4, 0.5) is 20.2 Å². The van der Waals surface area contributed by atoms with Crippen LogP contribution in [0.15, 0.2) is 36.4 Å². The van der Waals surface area contributed by atoms with Crippen molar-refractivity contribution in [1.82, 2.24) is 0 Å². The summed E-state index contributed by atoms with van der Waals surface area (Å²) in [6, 6.07) is 9.73. The van der Waals surface area contributed by atoms with Gasteiger partial charge in [0.25, 0.3) is 5.91 Å². The van der Waals surface area contributed by atoms with Gasteiger partial charge in [0.2, 0.25) is 0 Å². The predicted octanol–water partition coefficient (Wildman–Crippen LogP) is 3.51. The summed E-state index contributed by atoms with van der Waals surface area (Å²) in [5.74, 6) is -1.06. The number of anilines is 2. The number of carbonyl (C=O) groups is 1. The second-order valence-corrected chi connectivity index (χ2v) is 6.39. The highest BCUT2D eigenvalue weighted by Crippen LogP contribution is 2.31. The monoisotopic (exact) mass is 344 g/mol. The first-order valence-electron chi connectivity index (χ1n) is 8.41. The Bertz CT molecular complexity index is 771.